The van der Waals surface area contributed by atoms with Crippen LogP contribution in [0.4, 0.5) is 16.5 Å². The Kier molecular flexibility index (Phi) is 3.88. The summed E-state index contributed by atoms with van der Waals surface area (Å²) in [4.78, 5) is 20.4. The summed E-state index contributed by atoms with van der Waals surface area (Å²) in [5, 5.41) is 6.62. The van der Waals surface area contributed by atoms with Gasteiger partial charge in [0.1, 0.15) is 10.8 Å². The Labute approximate surface area is 125 Å². The molecule has 0 saturated carbocycles. The smallest absolute Gasteiger partial charge is 0.278 e. The molecule has 0 fully saturated rings. The van der Waals surface area contributed by atoms with Crippen molar-refractivity contribution in [2.75, 3.05) is 10.6 Å². The third kappa shape index (κ3) is 3.24. The van der Waals surface area contributed by atoms with Gasteiger partial charge in [-0.15, -0.1) is 11.3 Å². The SMILES string of the molecule is O=C(Nc1ccccn1)c1ncsc1Nc1ccccc1. The molecular formula is C15H12N4OS. The van der Waals surface area contributed by atoms with Crippen molar-refractivity contribution in [3.05, 3.63) is 65.9 Å². The predicted octanol–water partition coefficient (Wildman–Crippen LogP) is 3.53. The number of anilines is 3. The van der Waals surface area contributed by atoms with Crippen LogP contribution in [0.3, 0.4) is 0 Å². The zero-order chi connectivity index (χ0) is 14.5. The predicted molar refractivity (Wildman–Crippen MR) is 84.0 cm³/mol. The second kappa shape index (κ2) is 6.15. The highest BCUT2D eigenvalue weighted by atomic mass is 32.1. The number of hydrogen-bond donors (Lipinski definition) is 2. The molecule has 0 unspecified atom stereocenters. The molecule has 3 aromatic rings. The highest BCUT2D eigenvalue weighted by Gasteiger charge is 2.15. The van der Waals surface area contributed by atoms with Crippen LogP contribution in [-0.2, 0) is 0 Å². The van der Waals surface area contributed by atoms with E-state index in [1.807, 2.05) is 36.4 Å². The number of benzene rings is 1. The van der Waals surface area contributed by atoms with E-state index in [-0.39, 0.29) is 5.91 Å². The monoisotopic (exact) mass is 296 g/mol. The zero-order valence-corrected chi connectivity index (χ0v) is 11.8. The highest BCUT2D eigenvalue weighted by Crippen LogP contribution is 2.25. The first-order valence-electron chi connectivity index (χ1n) is 6.31. The van der Waals surface area contributed by atoms with Crippen LogP contribution in [0.5, 0.6) is 0 Å². The van der Waals surface area contributed by atoms with Crippen molar-refractivity contribution in [3.63, 3.8) is 0 Å². The van der Waals surface area contributed by atoms with Gasteiger partial charge in [0, 0.05) is 11.9 Å². The molecular weight excluding hydrogens is 284 g/mol. The van der Waals surface area contributed by atoms with Crippen molar-refractivity contribution >= 4 is 33.8 Å². The zero-order valence-electron chi connectivity index (χ0n) is 11.0. The first-order chi connectivity index (χ1) is 10.3. The van der Waals surface area contributed by atoms with E-state index in [1.54, 1.807) is 23.8 Å². The highest BCUT2D eigenvalue weighted by molar-refractivity contribution is 7.14. The molecule has 21 heavy (non-hydrogen) atoms. The van der Waals surface area contributed by atoms with E-state index >= 15 is 0 Å². The molecule has 3 rings (SSSR count). The molecule has 0 bridgehead atoms. The lowest BCUT2D eigenvalue weighted by molar-refractivity contribution is 0.102. The van der Waals surface area contributed by atoms with Crippen LogP contribution >= 0.6 is 11.3 Å². The van der Waals surface area contributed by atoms with Crippen LogP contribution in [-0.4, -0.2) is 15.9 Å². The maximum Gasteiger partial charge on any atom is 0.278 e. The fraction of sp³-hybridized carbons (Fsp3) is 0. The van der Waals surface area contributed by atoms with Crippen molar-refractivity contribution in [3.8, 4) is 0 Å². The number of aromatic nitrogens is 2. The molecule has 0 radical (unpaired) electrons. The Bertz CT molecular complexity index is 728. The summed E-state index contributed by atoms with van der Waals surface area (Å²) in [6, 6.07) is 15.0. The molecule has 0 saturated heterocycles. The summed E-state index contributed by atoms with van der Waals surface area (Å²) >= 11 is 1.38. The van der Waals surface area contributed by atoms with Crippen LogP contribution < -0.4 is 10.6 Å². The van der Waals surface area contributed by atoms with Gasteiger partial charge in [0.25, 0.3) is 5.91 Å². The molecule has 0 spiro atoms. The van der Waals surface area contributed by atoms with E-state index in [0.717, 1.165) is 5.69 Å². The number of carbonyl (C=O) groups is 1. The molecule has 0 atom stereocenters. The van der Waals surface area contributed by atoms with Crippen molar-refractivity contribution in [2.24, 2.45) is 0 Å². The molecule has 0 aliphatic carbocycles. The summed E-state index contributed by atoms with van der Waals surface area (Å²) in [5.74, 6) is 0.217. The van der Waals surface area contributed by atoms with Gasteiger partial charge in [-0.3, -0.25) is 4.79 Å². The summed E-state index contributed by atoms with van der Waals surface area (Å²) in [5.41, 5.74) is 2.90. The number of nitrogens with zero attached hydrogens (tertiary/aromatic N) is 2. The molecule has 5 nitrogen and oxygen atoms in total. The first kappa shape index (κ1) is 13.3. The number of amides is 1. The quantitative estimate of drug-likeness (QED) is 0.773. The number of carbonyl (C=O) groups excluding carboxylic acids is 1. The average molecular weight is 296 g/mol. The Morgan fingerprint density at radius 2 is 1.81 bits per heavy atom. The van der Waals surface area contributed by atoms with Crippen molar-refractivity contribution < 1.29 is 4.79 Å². The van der Waals surface area contributed by atoms with E-state index in [0.29, 0.717) is 16.5 Å². The molecule has 0 aliphatic rings. The van der Waals surface area contributed by atoms with E-state index in [1.165, 1.54) is 11.3 Å². The van der Waals surface area contributed by atoms with E-state index < -0.39 is 0 Å². The van der Waals surface area contributed by atoms with E-state index in [9.17, 15) is 4.79 Å². The van der Waals surface area contributed by atoms with Crippen LogP contribution in [0.1, 0.15) is 10.5 Å². The minimum absolute atomic E-state index is 0.284. The van der Waals surface area contributed by atoms with Gasteiger partial charge in [0.2, 0.25) is 0 Å². The molecule has 104 valence electrons. The maximum atomic E-state index is 12.2. The van der Waals surface area contributed by atoms with E-state index in [4.69, 9.17) is 0 Å². The van der Waals surface area contributed by atoms with Crippen LogP contribution in [0.25, 0.3) is 0 Å². The molecule has 2 N–H and O–H groups in total. The lowest BCUT2D eigenvalue weighted by Crippen LogP contribution is -2.14. The third-order valence-electron chi connectivity index (χ3n) is 2.72. The lowest BCUT2D eigenvalue weighted by atomic mass is 10.3. The molecule has 2 aromatic heterocycles. The topological polar surface area (TPSA) is 66.9 Å². The number of hydrogen-bond acceptors (Lipinski definition) is 5. The van der Waals surface area contributed by atoms with Gasteiger partial charge >= 0.3 is 0 Å². The normalized spacial score (nSPS) is 10.1. The summed E-state index contributed by atoms with van der Waals surface area (Å²) < 4.78 is 0. The molecule has 1 amide bonds. The Balaban J connectivity index is 1.77. The molecule has 1 aromatic carbocycles. The molecule has 6 heteroatoms. The Morgan fingerprint density at radius 3 is 2.57 bits per heavy atom. The van der Waals surface area contributed by atoms with Crippen LogP contribution in [0, 0.1) is 0 Å². The Hall–Kier alpha value is -2.73. The van der Waals surface area contributed by atoms with Gasteiger partial charge in [-0.2, -0.15) is 0 Å². The van der Waals surface area contributed by atoms with Crippen LogP contribution in [0.15, 0.2) is 60.2 Å². The number of para-hydroxylation sites is 1. The second-order valence-corrected chi connectivity index (χ2v) is 5.04. The number of thiazole rings is 1. The van der Waals surface area contributed by atoms with Crippen LogP contribution in [0.2, 0.25) is 0 Å². The summed E-state index contributed by atoms with van der Waals surface area (Å²) in [6.45, 7) is 0. The standard InChI is InChI=1S/C15H12N4OS/c20-14(19-12-8-4-5-9-16-12)13-15(21-10-17-13)18-11-6-2-1-3-7-11/h1-10,18H,(H,16,19,20). The van der Waals surface area contributed by atoms with Crippen molar-refractivity contribution in [1.82, 2.24) is 9.97 Å². The summed E-state index contributed by atoms with van der Waals surface area (Å²) in [7, 11) is 0. The van der Waals surface area contributed by atoms with Gasteiger partial charge in [0.15, 0.2) is 5.69 Å². The third-order valence-corrected chi connectivity index (χ3v) is 3.46. The Morgan fingerprint density at radius 1 is 1.00 bits per heavy atom. The first-order valence-corrected chi connectivity index (χ1v) is 7.19. The largest absolute Gasteiger partial charge is 0.345 e. The van der Waals surface area contributed by atoms with Crippen molar-refractivity contribution in [2.45, 2.75) is 0 Å². The number of nitrogens with one attached hydrogen (secondary N) is 2. The molecule has 0 aliphatic heterocycles. The average Bonchev–Trinajstić information content (AvgIpc) is 2.97. The van der Waals surface area contributed by atoms with E-state index in [2.05, 4.69) is 20.6 Å². The molecule has 2 heterocycles. The van der Waals surface area contributed by atoms with Gasteiger partial charge < -0.3 is 10.6 Å². The number of pyridine rings is 1. The fourth-order valence-electron chi connectivity index (χ4n) is 1.76. The van der Waals surface area contributed by atoms with Gasteiger partial charge in [-0.1, -0.05) is 24.3 Å². The fourth-order valence-corrected chi connectivity index (χ4v) is 2.46. The maximum absolute atomic E-state index is 12.2. The minimum atomic E-state index is -0.284. The lowest BCUT2D eigenvalue weighted by Gasteiger charge is -2.06. The van der Waals surface area contributed by atoms with Gasteiger partial charge in [-0.25, -0.2) is 9.97 Å². The van der Waals surface area contributed by atoms with Gasteiger partial charge in [0.05, 0.1) is 5.51 Å². The minimum Gasteiger partial charge on any atom is -0.345 e. The summed E-state index contributed by atoms with van der Waals surface area (Å²) in [6.07, 6.45) is 1.62. The van der Waals surface area contributed by atoms with Crippen molar-refractivity contribution in [1.29, 1.82) is 0 Å². The van der Waals surface area contributed by atoms with Gasteiger partial charge in [-0.05, 0) is 24.3 Å². The second-order valence-electron chi connectivity index (χ2n) is 4.19. The number of rotatable bonds is 4.